The number of nitrogens with two attached hydrogens (primary N) is 1. The van der Waals surface area contributed by atoms with Crippen LogP contribution in [-0.4, -0.2) is 26.6 Å². The van der Waals surface area contributed by atoms with Crippen molar-refractivity contribution in [1.29, 1.82) is 0 Å². The molecule has 3 aliphatic rings. The molecule has 7 heteroatoms. The lowest BCUT2D eigenvalue weighted by molar-refractivity contribution is -0.750. The maximum absolute atomic E-state index is 6.92. The Hall–Kier alpha value is -3.71. The van der Waals surface area contributed by atoms with Crippen LogP contribution < -0.4 is 5.84 Å². The van der Waals surface area contributed by atoms with Crippen molar-refractivity contribution in [3.8, 4) is 11.4 Å². The molecular formula is C24H16ClN6+. The summed E-state index contributed by atoms with van der Waals surface area (Å²) in [7, 11) is 0. The van der Waals surface area contributed by atoms with Crippen LogP contribution in [0.25, 0.3) is 22.3 Å². The first-order valence-electron chi connectivity index (χ1n) is 9.77. The van der Waals surface area contributed by atoms with Crippen molar-refractivity contribution in [3.63, 3.8) is 0 Å². The van der Waals surface area contributed by atoms with E-state index in [4.69, 9.17) is 27.4 Å². The number of rotatable bonds is 3. The fourth-order valence-electron chi connectivity index (χ4n) is 3.91. The summed E-state index contributed by atoms with van der Waals surface area (Å²) in [6.07, 6.45) is 13.0. The standard InChI is InChI=1S/C24H16ClN6/c25-21-17(9-7-16-8-10-19(29-23(16)21)18-6-1-2-11-28-18)24-30-22(15-4-3-5-15)20-14-27-12-13-31(20,24)26/h1-14H,26H2/q+1. The van der Waals surface area contributed by atoms with Crippen molar-refractivity contribution >= 4 is 34.6 Å². The molecule has 0 saturated heterocycles. The third kappa shape index (κ3) is 2.67. The highest BCUT2D eigenvalue weighted by molar-refractivity contribution is 6.38. The molecule has 2 aromatic heterocycles. The van der Waals surface area contributed by atoms with Crippen LogP contribution >= 0.6 is 11.6 Å². The lowest BCUT2D eigenvalue weighted by atomic mass is 10.0. The summed E-state index contributed by atoms with van der Waals surface area (Å²) in [5, 5.41) is 1.44. The molecule has 0 amide bonds. The molecule has 31 heavy (non-hydrogen) atoms. The molecule has 2 aliphatic heterocycles. The van der Waals surface area contributed by atoms with Crippen molar-refractivity contribution in [2.45, 2.75) is 0 Å². The molecule has 0 radical (unpaired) electrons. The highest BCUT2D eigenvalue weighted by Crippen LogP contribution is 2.39. The number of hydrogen-bond donors (Lipinski definition) is 1. The molecule has 4 heterocycles. The molecule has 1 unspecified atom stereocenters. The maximum atomic E-state index is 6.92. The van der Waals surface area contributed by atoms with E-state index in [-0.39, 0.29) is 4.59 Å². The average molecular weight is 424 g/mol. The Kier molecular flexibility index (Phi) is 3.88. The van der Waals surface area contributed by atoms with E-state index in [9.17, 15) is 0 Å². The van der Waals surface area contributed by atoms with E-state index in [0.29, 0.717) is 16.4 Å². The Bertz CT molecular complexity index is 1450. The van der Waals surface area contributed by atoms with Crippen LogP contribution in [0.1, 0.15) is 5.56 Å². The van der Waals surface area contributed by atoms with Gasteiger partial charge in [0.2, 0.25) is 5.70 Å². The van der Waals surface area contributed by atoms with Crippen LogP contribution in [0.3, 0.4) is 0 Å². The Morgan fingerprint density at radius 1 is 1.00 bits per heavy atom. The minimum absolute atomic E-state index is 0.0881. The van der Waals surface area contributed by atoms with Gasteiger partial charge in [-0.1, -0.05) is 48.0 Å². The summed E-state index contributed by atoms with van der Waals surface area (Å²) in [4.78, 5) is 18.4. The van der Waals surface area contributed by atoms with Gasteiger partial charge in [0.15, 0.2) is 0 Å². The van der Waals surface area contributed by atoms with Crippen molar-refractivity contribution < 1.29 is 4.59 Å². The smallest absolute Gasteiger partial charge is 0.255 e. The Labute approximate surface area is 183 Å². The van der Waals surface area contributed by atoms with E-state index in [1.165, 1.54) is 0 Å². The fraction of sp³-hybridized carbons (Fsp3) is 0. The monoisotopic (exact) mass is 423 g/mol. The van der Waals surface area contributed by atoms with Crippen molar-refractivity contribution in [2.75, 3.05) is 0 Å². The zero-order chi connectivity index (χ0) is 21.0. The number of amidine groups is 1. The minimum atomic E-state index is -0.0881. The molecule has 3 aromatic rings. The molecule has 6 nitrogen and oxygen atoms in total. The van der Waals surface area contributed by atoms with Gasteiger partial charge in [-0.2, -0.15) is 10.8 Å². The number of allylic oxidation sites excluding steroid dienone is 4. The molecule has 1 atom stereocenters. The van der Waals surface area contributed by atoms with Crippen LogP contribution in [0.15, 0.2) is 106 Å². The van der Waals surface area contributed by atoms with E-state index in [2.05, 4.69) is 9.98 Å². The number of pyridine rings is 2. The fourth-order valence-corrected chi connectivity index (χ4v) is 4.20. The number of aliphatic imine (C=N–C) groups is 2. The topological polar surface area (TPSA) is 76.5 Å². The van der Waals surface area contributed by atoms with Crippen molar-refractivity contribution in [2.24, 2.45) is 15.8 Å². The largest absolute Gasteiger partial charge is 0.266 e. The number of nitrogens with zero attached hydrogens (tertiary/aromatic N) is 5. The minimum Gasteiger partial charge on any atom is -0.255 e. The number of halogens is 1. The molecular weight excluding hydrogens is 408 g/mol. The van der Waals surface area contributed by atoms with E-state index in [0.717, 1.165) is 39.3 Å². The SMILES string of the molecule is N[N+]12C=CN=CC1=C(C1=CC=C1)N=C2c1ccc2ccc(-c3ccccn3)nc2c1Cl. The van der Waals surface area contributed by atoms with Gasteiger partial charge in [0, 0.05) is 17.2 Å². The first kappa shape index (κ1) is 18.1. The van der Waals surface area contributed by atoms with E-state index in [1.54, 1.807) is 18.6 Å². The second-order valence-electron chi connectivity index (χ2n) is 7.41. The van der Waals surface area contributed by atoms with Crippen molar-refractivity contribution in [3.05, 3.63) is 107 Å². The van der Waals surface area contributed by atoms with Crippen LogP contribution in [0.2, 0.25) is 5.02 Å². The van der Waals surface area contributed by atoms with Gasteiger partial charge in [-0.25, -0.2) is 4.98 Å². The second-order valence-corrected chi connectivity index (χ2v) is 7.79. The quantitative estimate of drug-likeness (QED) is 0.491. The Balaban J connectivity index is 1.53. The molecule has 0 saturated carbocycles. The third-order valence-electron chi connectivity index (χ3n) is 5.59. The number of benzene rings is 1. The highest BCUT2D eigenvalue weighted by Gasteiger charge is 2.45. The third-order valence-corrected chi connectivity index (χ3v) is 5.97. The van der Waals surface area contributed by atoms with Crippen LogP contribution in [0.5, 0.6) is 0 Å². The van der Waals surface area contributed by atoms with Gasteiger partial charge >= 0.3 is 0 Å². The van der Waals surface area contributed by atoms with Crippen LogP contribution in [-0.2, 0) is 0 Å². The Morgan fingerprint density at radius 2 is 1.87 bits per heavy atom. The second kappa shape index (κ2) is 6.65. The average Bonchev–Trinajstić information content (AvgIpc) is 3.06. The van der Waals surface area contributed by atoms with Crippen LogP contribution in [0, 0.1) is 0 Å². The zero-order valence-corrected chi connectivity index (χ0v) is 17.0. The predicted molar refractivity (Wildman–Crippen MR) is 123 cm³/mol. The first-order valence-corrected chi connectivity index (χ1v) is 10.1. The van der Waals surface area contributed by atoms with Crippen LogP contribution in [0.4, 0.5) is 0 Å². The summed E-state index contributed by atoms with van der Waals surface area (Å²) in [6.45, 7) is 0. The van der Waals surface area contributed by atoms with Crippen molar-refractivity contribution in [1.82, 2.24) is 9.97 Å². The first-order chi connectivity index (χ1) is 15.1. The van der Waals surface area contributed by atoms with E-state index in [1.807, 2.05) is 66.9 Å². The Morgan fingerprint density at radius 3 is 2.65 bits per heavy atom. The summed E-state index contributed by atoms with van der Waals surface area (Å²) >= 11 is 6.92. The van der Waals surface area contributed by atoms with E-state index >= 15 is 0 Å². The van der Waals surface area contributed by atoms with Gasteiger partial charge in [0.25, 0.3) is 5.84 Å². The van der Waals surface area contributed by atoms with Gasteiger partial charge < -0.3 is 0 Å². The van der Waals surface area contributed by atoms with Gasteiger partial charge in [-0.05, 0) is 24.3 Å². The number of fused-ring (bicyclic) bond motifs is 2. The van der Waals surface area contributed by atoms with Gasteiger partial charge in [-0.3, -0.25) is 9.98 Å². The molecule has 148 valence electrons. The molecule has 2 N–H and O–H groups in total. The normalized spacial score (nSPS) is 21.2. The number of aromatic nitrogens is 2. The zero-order valence-electron chi connectivity index (χ0n) is 16.3. The summed E-state index contributed by atoms with van der Waals surface area (Å²) < 4.78 is -0.0881. The molecule has 0 fully saturated rings. The molecule has 1 aliphatic carbocycles. The highest BCUT2D eigenvalue weighted by atomic mass is 35.5. The van der Waals surface area contributed by atoms with Gasteiger partial charge in [-0.15, -0.1) is 4.59 Å². The maximum Gasteiger partial charge on any atom is 0.266 e. The number of quaternary nitrogens is 1. The van der Waals surface area contributed by atoms with Gasteiger partial charge in [0.1, 0.15) is 11.9 Å². The molecule has 1 aromatic carbocycles. The number of hydrogen-bond acceptors (Lipinski definition) is 5. The molecule has 0 spiro atoms. The molecule has 6 rings (SSSR count). The van der Waals surface area contributed by atoms with Gasteiger partial charge in [0.05, 0.1) is 39.9 Å². The lowest BCUT2D eigenvalue weighted by Crippen LogP contribution is -2.53. The summed E-state index contributed by atoms with van der Waals surface area (Å²) in [6, 6.07) is 13.6. The lowest BCUT2D eigenvalue weighted by Gasteiger charge is -2.26. The molecule has 0 bridgehead atoms. The predicted octanol–water partition coefficient (Wildman–Crippen LogP) is 4.66. The summed E-state index contributed by atoms with van der Waals surface area (Å²) in [5.41, 5.74) is 5.59. The summed E-state index contributed by atoms with van der Waals surface area (Å²) in [5.74, 6) is 7.44. The van der Waals surface area contributed by atoms with E-state index < -0.39 is 0 Å².